The van der Waals surface area contributed by atoms with Crippen molar-refractivity contribution in [3.63, 3.8) is 0 Å². The van der Waals surface area contributed by atoms with Gasteiger partial charge in [-0.3, -0.25) is 19.2 Å². The number of carbonyl (C=O) groups is 6. The fourth-order valence-corrected chi connectivity index (χ4v) is 8.57. The van der Waals surface area contributed by atoms with Crippen LogP contribution < -0.4 is 26.6 Å². The summed E-state index contributed by atoms with van der Waals surface area (Å²) in [7, 11) is 0. The van der Waals surface area contributed by atoms with Crippen LogP contribution in [0.15, 0.2) is 54.6 Å². The van der Waals surface area contributed by atoms with Crippen LogP contribution in [0.1, 0.15) is 76.8 Å². The molecule has 4 aliphatic rings. The molecule has 4 atom stereocenters. The van der Waals surface area contributed by atoms with Crippen LogP contribution in [0, 0.1) is 23.7 Å². The number of phenolic OH excluding ortho intramolecular Hbond substituents is 1. The molecule has 0 spiro atoms. The van der Waals surface area contributed by atoms with Crippen molar-refractivity contribution in [3.8, 4) is 5.75 Å². The fourth-order valence-electron chi connectivity index (χ4n) is 8.57. The van der Waals surface area contributed by atoms with E-state index in [1.54, 1.807) is 42.5 Å². The van der Waals surface area contributed by atoms with Crippen molar-refractivity contribution >= 4 is 35.7 Å². The smallest absolute Gasteiger partial charge is 0.408 e. The number of carboxylic acids is 1. The Morgan fingerprint density at radius 3 is 1.80 bits per heavy atom. The Kier molecular flexibility index (Phi) is 13.2. The largest absolute Gasteiger partial charge is 0.508 e. The van der Waals surface area contributed by atoms with Gasteiger partial charge in [0.15, 0.2) is 0 Å². The summed E-state index contributed by atoms with van der Waals surface area (Å²) >= 11 is 0. The molecule has 4 aliphatic carbocycles. The Labute approximate surface area is 315 Å². The maximum absolute atomic E-state index is 13.6. The minimum Gasteiger partial charge on any atom is -0.508 e. The van der Waals surface area contributed by atoms with Crippen molar-refractivity contribution in [3.05, 3.63) is 65.7 Å². The van der Waals surface area contributed by atoms with Gasteiger partial charge in [-0.1, -0.05) is 56.3 Å². The standard InChI is InChI=1S/C40H53N5O9/c1-23(2)13-33(38(51)52)44-37(50)31(17-25-7-5-4-6-8-25)43-34(47)22-41-35(48)24(3)42-36(49)32(18-26-9-11-30(46)12-10-26)45-39(53)54-40-19-27-14-28(20-40)16-29(15-27)21-40/h4-12,23-24,27-29,31-33,46H,13-22H2,1-3H3,(H,41,48)(H,42,49)(H,43,47)(H,44,50)(H,45,53)(H,51,52)/t24-,27?,28?,29?,31+,32+,33+,40?/m1/s1. The highest BCUT2D eigenvalue weighted by atomic mass is 16.6. The summed E-state index contributed by atoms with van der Waals surface area (Å²) in [4.78, 5) is 78.1. The Bertz CT molecular complexity index is 1630. The van der Waals surface area contributed by atoms with Crippen LogP contribution in [0.3, 0.4) is 0 Å². The highest BCUT2D eigenvalue weighted by Gasteiger charge is 2.53. The summed E-state index contributed by atoms with van der Waals surface area (Å²) in [5.74, 6) is -2.22. The average molecular weight is 748 g/mol. The van der Waals surface area contributed by atoms with Gasteiger partial charge in [0.25, 0.3) is 0 Å². The van der Waals surface area contributed by atoms with E-state index in [1.807, 2.05) is 13.8 Å². The van der Waals surface area contributed by atoms with Crippen molar-refractivity contribution < 1.29 is 43.7 Å². The van der Waals surface area contributed by atoms with Gasteiger partial charge in [0.1, 0.15) is 35.5 Å². The number of benzene rings is 2. The van der Waals surface area contributed by atoms with Crippen molar-refractivity contribution in [2.75, 3.05) is 6.54 Å². The fraction of sp³-hybridized carbons (Fsp3) is 0.550. The van der Waals surface area contributed by atoms with Crippen molar-refractivity contribution in [2.24, 2.45) is 23.7 Å². The molecule has 6 rings (SSSR count). The second-order valence-electron chi connectivity index (χ2n) is 15.8. The summed E-state index contributed by atoms with van der Waals surface area (Å²) in [6.07, 6.45) is 5.63. The molecule has 7 N–H and O–H groups in total. The van der Waals surface area contributed by atoms with Crippen molar-refractivity contribution in [2.45, 2.75) is 108 Å². The molecule has 0 radical (unpaired) electrons. The van der Waals surface area contributed by atoms with Gasteiger partial charge in [-0.25, -0.2) is 9.59 Å². The van der Waals surface area contributed by atoms with E-state index in [2.05, 4.69) is 26.6 Å². The second kappa shape index (κ2) is 17.8. The van der Waals surface area contributed by atoms with Gasteiger partial charge in [-0.05, 0) is 98.8 Å². The van der Waals surface area contributed by atoms with Gasteiger partial charge in [0.2, 0.25) is 23.6 Å². The monoisotopic (exact) mass is 747 g/mol. The first kappa shape index (κ1) is 40.1. The number of aromatic hydroxyl groups is 1. The molecule has 14 nitrogen and oxygen atoms in total. The van der Waals surface area contributed by atoms with Crippen LogP contribution in [0.5, 0.6) is 5.75 Å². The number of rotatable bonds is 17. The number of carbonyl (C=O) groups excluding carboxylic acids is 5. The molecule has 2 aromatic carbocycles. The number of nitrogens with one attached hydrogen (secondary N) is 5. The number of ether oxygens (including phenoxy) is 1. The van der Waals surface area contributed by atoms with Crippen molar-refractivity contribution in [1.29, 1.82) is 0 Å². The van der Waals surface area contributed by atoms with Crippen LogP contribution in [0.2, 0.25) is 0 Å². The quantitative estimate of drug-likeness (QED) is 0.127. The first-order chi connectivity index (χ1) is 25.7. The van der Waals surface area contributed by atoms with E-state index in [-0.39, 0.29) is 30.9 Å². The number of phenols is 1. The highest BCUT2D eigenvalue weighted by Crippen LogP contribution is 2.57. The summed E-state index contributed by atoms with van der Waals surface area (Å²) < 4.78 is 6.09. The molecular formula is C40H53N5O9. The molecule has 4 bridgehead atoms. The topological polar surface area (TPSA) is 212 Å². The number of hydrogen-bond acceptors (Lipinski definition) is 8. The Balaban J connectivity index is 1.17. The third-order valence-corrected chi connectivity index (χ3v) is 10.7. The number of aliphatic carboxylic acids is 1. The summed E-state index contributed by atoms with van der Waals surface area (Å²) in [5.41, 5.74) is 0.857. The normalized spacial score (nSPS) is 23.3. The molecule has 54 heavy (non-hydrogen) atoms. The van der Waals surface area contributed by atoms with Crippen LogP contribution >= 0.6 is 0 Å². The van der Waals surface area contributed by atoms with Gasteiger partial charge in [-0.15, -0.1) is 0 Å². The number of hydrogen-bond donors (Lipinski definition) is 7. The van der Waals surface area contributed by atoms with Gasteiger partial charge < -0.3 is 41.5 Å². The summed E-state index contributed by atoms with van der Waals surface area (Å²) in [6.45, 7) is 4.57. The lowest BCUT2D eigenvalue weighted by atomic mass is 9.54. The van der Waals surface area contributed by atoms with E-state index >= 15 is 0 Å². The highest BCUT2D eigenvalue weighted by molar-refractivity contribution is 5.94. The van der Waals surface area contributed by atoms with Crippen molar-refractivity contribution in [1.82, 2.24) is 26.6 Å². The molecule has 0 aromatic heterocycles. The molecule has 292 valence electrons. The molecule has 0 heterocycles. The first-order valence-electron chi connectivity index (χ1n) is 18.9. The van der Waals surface area contributed by atoms with Crippen LogP contribution in [0.4, 0.5) is 4.79 Å². The molecule has 4 fully saturated rings. The Morgan fingerprint density at radius 2 is 1.24 bits per heavy atom. The average Bonchev–Trinajstić information content (AvgIpc) is 3.10. The summed E-state index contributed by atoms with van der Waals surface area (Å²) in [6, 6.07) is 10.6. The van der Waals surface area contributed by atoms with E-state index in [4.69, 9.17) is 4.74 Å². The molecule has 14 heteroatoms. The zero-order valence-corrected chi connectivity index (χ0v) is 31.1. The Hall–Kier alpha value is -5.14. The van der Waals surface area contributed by atoms with E-state index in [9.17, 15) is 39.0 Å². The van der Waals surface area contributed by atoms with E-state index in [0.29, 0.717) is 23.3 Å². The zero-order valence-electron chi connectivity index (χ0n) is 31.1. The van der Waals surface area contributed by atoms with Gasteiger partial charge >= 0.3 is 12.1 Å². The van der Waals surface area contributed by atoms with Crippen LogP contribution in [0.25, 0.3) is 0 Å². The number of alkyl carbamates (subject to hydrolysis) is 1. The number of amides is 5. The van der Waals surface area contributed by atoms with Crippen LogP contribution in [-0.2, 0) is 41.6 Å². The van der Waals surface area contributed by atoms with E-state index < -0.39 is 72.0 Å². The molecular weight excluding hydrogens is 694 g/mol. The molecule has 0 saturated heterocycles. The molecule has 2 aromatic rings. The molecule has 0 aliphatic heterocycles. The lowest BCUT2D eigenvalue weighted by Gasteiger charge is -2.55. The molecule has 0 unspecified atom stereocenters. The first-order valence-corrected chi connectivity index (χ1v) is 18.9. The minimum atomic E-state index is -1.19. The minimum absolute atomic E-state index is 0.00891. The lowest BCUT2D eigenvalue weighted by Crippen LogP contribution is -2.57. The zero-order chi connectivity index (χ0) is 39.0. The predicted octanol–water partition coefficient (Wildman–Crippen LogP) is 2.96. The number of carboxylic acid groups (broad SMARTS) is 1. The third kappa shape index (κ3) is 11.2. The second-order valence-corrected chi connectivity index (χ2v) is 15.8. The van der Waals surface area contributed by atoms with Gasteiger partial charge in [0.05, 0.1) is 6.54 Å². The molecule has 5 amide bonds. The lowest BCUT2D eigenvalue weighted by molar-refractivity contribution is -0.142. The van der Waals surface area contributed by atoms with E-state index in [0.717, 1.165) is 24.8 Å². The maximum atomic E-state index is 13.6. The van der Waals surface area contributed by atoms with Gasteiger partial charge in [-0.2, -0.15) is 0 Å². The maximum Gasteiger partial charge on any atom is 0.408 e. The molecule has 4 saturated carbocycles. The van der Waals surface area contributed by atoms with E-state index in [1.165, 1.54) is 38.3 Å². The summed E-state index contributed by atoms with van der Waals surface area (Å²) in [5, 5.41) is 32.3. The SMILES string of the molecule is CC(C)C[C@H](NC(=O)[C@H](Cc1ccccc1)NC(=O)CNC(=O)[C@@H](C)NC(=O)[C@H](Cc1ccc(O)cc1)NC(=O)OC12CC3CC(CC(C3)C1)C2)C(=O)O. The predicted molar refractivity (Wildman–Crippen MR) is 198 cm³/mol. The third-order valence-electron chi connectivity index (χ3n) is 10.7. The Morgan fingerprint density at radius 1 is 0.704 bits per heavy atom. The van der Waals surface area contributed by atoms with Crippen LogP contribution in [-0.4, -0.2) is 82.2 Å². The van der Waals surface area contributed by atoms with Gasteiger partial charge in [0, 0.05) is 12.8 Å².